The quantitative estimate of drug-likeness (QED) is 0.460. The number of alkyl halides is 4. The number of ether oxygens (including phenoxy) is 2. The molecule has 3 atom stereocenters. The molecule has 0 radical (unpaired) electrons. The Morgan fingerprint density at radius 2 is 2.18 bits per heavy atom. The first-order valence-electron chi connectivity index (χ1n) is 10.6. The number of anilines is 2. The molecule has 182 valence electrons. The molecule has 0 bridgehead atoms. The van der Waals surface area contributed by atoms with Crippen LogP contribution in [0, 0.1) is 0 Å². The first-order valence-corrected chi connectivity index (χ1v) is 10.6. The summed E-state index contributed by atoms with van der Waals surface area (Å²) in [6.07, 6.45) is -5.47. The Labute approximate surface area is 190 Å². The highest BCUT2D eigenvalue weighted by Gasteiger charge is 2.44. The second kappa shape index (κ2) is 8.11. The lowest BCUT2D eigenvalue weighted by atomic mass is 10.1. The molecule has 3 aromatic rings. The van der Waals surface area contributed by atoms with Crippen LogP contribution < -0.4 is 10.6 Å². The first kappa shape index (κ1) is 22.4. The predicted octanol–water partition coefficient (Wildman–Crippen LogP) is 3.36. The minimum absolute atomic E-state index is 0.115. The van der Waals surface area contributed by atoms with Gasteiger partial charge in [0.05, 0.1) is 24.4 Å². The molecule has 3 N–H and O–H groups in total. The molecule has 1 amide bonds. The molecule has 3 aromatic heterocycles. The summed E-state index contributed by atoms with van der Waals surface area (Å²) >= 11 is 0. The molecule has 10 nitrogen and oxygen atoms in total. The highest BCUT2D eigenvalue weighted by Crippen LogP contribution is 2.36. The van der Waals surface area contributed by atoms with Crippen LogP contribution in [-0.2, 0) is 15.9 Å². The fourth-order valence-electron chi connectivity index (χ4n) is 3.69. The number of aromatic nitrogens is 5. The van der Waals surface area contributed by atoms with E-state index < -0.39 is 37.1 Å². The van der Waals surface area contributed by atoms with Crippen LogP contribution in [0.25, 0.3) is 5.52 Å². The van der Waals surface area contributed by atoms with E-state index in [0.717, 1.165) is 12.8 Å². The number of nitrogens with one attached hydrogen (secondary N) is 3. The summed E-state index contributed by atoms with van der Waals surface area (Å²) in [5, 5.41) is 16.2. The lowest BCUT2D eigenvalue weighted by molar-refractivity contribution is -0.127. The number of halogens is 4. The number of rotatable bonds is 6. The van der Waals surface area contributed by atoms with Gasteiger partial charge in [0, 0.05) is 24.0 Å². The molecule has 1 aliphatic carbocycles. The maximum atomic E-state index is 14.9. The monoisotopic (exact) mass is 483 g/mol. The maximum absolute atomic E-state index is 14.9. The Hall–Kier alpha value is -3.42. The number of amides is 1. The van der Waals surface area contributed by atoms with Crippen LogP contribution in [0.1, 0.15) is 37.3 Å². The fraction of sp³-hybridized carbons (Fsp3) is 0.500. The standard InChI is InChI=1S/C20H21F4N7O3/c1-19(2-3-19)27-18(32)34-13-9-33-16(15(13)21)11-7-14(29-28-11)26-17-12-6-10(8-20(22,23)24)30-31(12)5-4-25-17/h4-7,13,15-16H,2-3,8-9H2,1H3,(H,27,32)(H2,25,26,28,29)/t13-,15-,16-/m0/s1. The Bertz CT molecular complexity index is 1210. The second-order valence-electron chi connectivity index (χ2n) is 8.69. The topological polar surface area (TPSA) is 118 Å². The van der Waals surface area contributed by atoms with Gasteiger partial charge in [0.25, 0.3) is 0 Å². The largest absolute Gasteiger partial charge is 0.441 e. The summed E-state index contributed by atoms with van der Waals surface area (Å²) in [7, 11) is 0. The van der Waals surface area contributed by atoms with E-state index in [2.05, 4.69) is 30.9 Å². The van der Waals surface area contributed by atoms with Gasteiger partial charge in [-0.25, -0.2) is 18.7 Å². The van der Waals surface area contributed by atoms with Crippen molar-refractivity contribution in [1.82, 2.24) is 30.1 Å². The number of aromatic amines is 1. The molecule has 1 aliphatic heterocycles. The number of carbonyl (C=O) groups is 1. The Morgan fingerprint density at radius 3 is 2.91 bits per heavy atom. The van der Waals surface area contributed by atoms with Gasteiger partial charge >= 0.3 is 12.3 Å². The number of carbonyl (C=O) groups excluding carboxylic acids is 1. The fourth-order valence-corrected chi connectivity index (χ4v) is 3.69. The second-order valence-corrected chi connectivity index (χ2v) is 8.69. The van der Waals surface area contributed by atoms with Crippen molar-refractivity contribution >= 4 is 23.2 Å². The van der Waals surface area contributed by atoms with Crippen LogP contribution in [0.2, 0.25) is 0 Å². The zero-order valence-corrected chi connectivity index (χ0v) is 17.9. The smallest absolute Gasteiger partial charge is 0.408 e. The first-order chi connectivity index (χ1) is 16.1. The lowest BCUT2D eigenvalue weighted by Crippen LogP contribution is -2.39. The van der Waals surface area contributed by atoms with Crippen molar-refractivity contribution < 1.29 is 31.8 Å². The molecule has 14 heteroatoms. The van der Waals surface area contributed by atoms with Gasteiger partial charge in [0.2, 0.25) is 0 Å². The van der Waals surface area contributed by atoms with Crippen molar-refractivity contribution in [3.05, 3.63) is 35.9 Å². The van der Waals surface area contributed by atoms with Gasteiger partial charge in [-0.1, -0.05) is 0 Å². The van der Waals surface area contributed by atoms with E-state index in [0.29, 0.717) is 11.2 Å². The van der Waals surface area contributed by atoms with Crippen molar-refractivity contribution in [3.8, 4) is 0 Å². The number of fused-ring (bicyclic) bond motifs is 1. The molecule has 2 aliphatic rings. The summed E-state index contributed by atoms with van der Waals surface area (Å²) in [4.78, 5) is 16.1. The molecule has 4 heterocycles. The van der Waals surface area contributed by atoms with Crippen LogP contribution in [-0.4, -0.2) is 61.5 Å². The predicted molar refractivity (Wildman–Crippen MR) is 109 cm³/mol. The van der Waals surface area contributed by atoms with E-state index in [1.165, 1.54) is 29.0 Å². The molecular formula is C20H21F4N7O3. The third-order valence-electron chi connectivity index (χ3n) is 5.72. The zero-order valence-electron chi connectivity index (χ0n) is 17.9. The van der Waals surface area contributed by atoms with Crippen LogP contribution in [0.15, 0.2) is 24.5 Å². The van der Waals surface area contributed by atoms with Crippen LogP contribution >= 0.6 is 0 Å². The van der Waals surface area contributed by atoms with Crippen LogP contribution in [0.5, 0.6) is 0 Å². The molecule has 2 fully saturated rings. The third kappa shape index (κ3) is 4.76. The van der Waals surface area contributed by atoms with Gasteiger partial charge in [-0.3, -0.25) is 5.10 Å². The highest BCUT2D eigenvalue weighted by atomic mass is 19.4. The van der Waals surface area contributed by atoms with E-state index in [1.807, 2.05) is 6.92 Å². The number of nitrogens with zero attached hydrogens (tertiary/aromatic N) is 4. The average Bonchev–Trinajstić information content (AvgIpc) is 3.10. The van der Waals surface area contributed by atoms with E-state index >= 15 is 0 Å². The van der Waals surface area contributed by atoms with E-state index in [-0.39, 0.29) is 29.5 Å². The highest BCUT2D eigenvalue weighted by molar-refractivity contribution is 5.72. The summed E-state index contributed by atoms with van der Waals surface area (Å²) in [6, 6.07) is 2.77. The summed E-state index contributed by atoms with van der Waals surface area (Å²) < 4.78 is 65.0. The van der Waals surface area contributed by atoms with Crippen molar-refractivity contribution in [2.45, 2.75) is 56.3 Å². The molecule has 0 spiro atoms. The SMILES string of the molecule is CC1(NC(=O)O[C@H]2CO[C@@H](c3cc(Nc4nccn5nc(CC(F)(F)F)cc45)n[nH]3)[C@H]2F)CC1. The maximum Gasteiger partial charge on any atom is 0.408 e. The van der Waals surface area contributed by atoms with E-state index in [9.17, 15) is 22.4 Å². The van der Waals surface area contributed by atoms with Crippen molar-refractivity contribution in [3.63, 3.8) is 0 Å². The third-order valence-corrected chi connectivity index (χ3v) is 5.72. The average molecular weight is 483 g/mol. The Morgan fingerprint density at radius 1 is 1.38 bits per heavy atom. The van der Waals surface area contributed by atoms with E-state index in [1.54, 1.807) is 0 Å². The van der Waals surface area contributed by atoms with Gasteiger partial charge in [0.1, 0.15) is 11.6 Å². The molecule has 0 aromatic carbocycles. The van der Waals surface area contributed by atoms with Crippen molar-refractivity contribution in [2.24, 2.45) is 0 Å². The van der Waals surface area contributed by atoms with Crippen LogP contribution in [0.3, 0.4) is 0 Å². The Balaban J connectivity index is 1.25. The molecular weight excluding hydrogens is 462 g/mol. The molecule has 1 saturated carbocycles. The number of alkyl carbamates (subject to hydrolysis) is 1. The normalized spacial score (nSPS) is 23.7. The number of hydrogen-bond donors (Lipinski definition) is 3. The lowest BCUT2D eigenvalue weighted by Gasteiger charge is -2.17. The molecule has 5 rings (SSSR count). The Kier molecular flexibility index (Phi) is 5.34. The van der Waals surface area contributed by atoms with Crippen molar-refractivity contribution in [2.75, 3.05) is 11.9 Å². The molecule has 0 unspecified atom stereocenters. The summed E-state index contributed by atoms with van der Waals surface area (Å²) in [5.74, 6) is 0.464. The summed E-state index contributed by atoms with van der Waals surface area (Å²) in [5.41, 5.74) is 0.173. The number of hydrogen-bond acceptors (Lipinski definition) is 7. The van der Waals surface area contributed by atoms with Gasteiger partial charge in [0.15, 0.2) is 23.9 Å². The zero-order chi connectivity index (χ0) is 24.1. The van der Waals surface area contributed by atoms with Gasteiger partial charge in [-0.05, 0) is 25.8 Å². The van der Waals surface area contributed by atoms with Crippen molar-refractivity contribution in [1.29, 1.82) is 0 Å². The van der Waals surface area contributed by atoms with Crippen LogP contribution in [0.4, 0.5) is 34.0 Å². The van der Waals surface area contributed by atoms with Gasteiger partial charge < -0.3 is 20.1 Å². The van der Waals surface area contributed by atoms with Gasteiger partial charge in [-0.2, -0.15) is 23.4 Å². The van der Waals surface area contributed by atoms with E-state index in [4.69, 9.17) is 9.47 Å². The number of H-pyrrole nitrogens is 1. The summed E-state index contributed by atoms with van der Waals surface area (Å²) in [6.45, 7) is 1.77. The van der Waals surface area contributed by atoms with Gasteiger partial charge in [-0.15, -0.1) is 0 Å². The molecule has 1 saturated heterocycles. The molecule has 34 heavy (non-hydrogen) atoms. The minimum atomic E-state index is -4.39. The minimum Gasteiger partial charge on any atom is -0.441 e.